The number of phenolic OH excluding ortho intramolecular Hbond substituents is 1. The maximum absolute atomic E-state index is 14.3. The number of phenols is 1. The minimum Gasteiger partial charge on any atom is -0.504 e. The highest BCUT2D eigenvalue weighted by Gasteiger charge is 2.62. The molecule has 0 saturated heterocycles. The monoisotopic (exact) mass is 466 g/mol. The van der Waals surface area contributed by atoms with Crippen molar-refractivity contribution in [1.29, 1.82) is 0 Å². The molecule has 0 fully saturated rings. The lowest BCUT2D eigenvalue weighted by atomic mass is 9.72. The van der Waals surface area contributed by atoms with Crippen LogP contribution >= 0.6 is 11.6 Å². The number of hydrogen-bond donors (Lipinski definition) is 3. The van der Waals surface area contributed by atoms with E-state index in [1.807, 2.05) is 0 Å². The number of benzene rings is 2. The Balaban J connectivity index is 1.98. The molecule has 0 saturated carbocycles. The van der Waals surface area contributed by atoms with E-state index >= 15 is 0 Å². The van der Waals surface area contributed by atoms with Crippen LogP contribution in [-0.4, -0.2) is 27.0 Å². The van der Waals surface area contributed by atoms with Gasteiger partial charge in [-0.25, -0.2) is 4.39 Å². The van der Waals surface area contributed by atoms with Crippen molar-refractivity contribution in [1.82, 2.24) is 4.98 Å². The summed E-state index contributed by atoms with van der Waals surface area (Å²) in [5.41, 5.74) is -2.00. The van der Waals surface area contributed by atoms with Gasteiger partial charge in [0.1, 0.15) is 0 Å². The molecule has 3 N–H and O–H groups in total. The normalized spacial score (nSPS) is 22.2. The molecule has 2 atom stereocenters. The number of anilines is 1. The van der Waals surface area contributed by atoms with E-state index in [4.69, 9.17) is 11.6 Å². The highest BCUT2D eigenvalue weighted by molar-refractivity contribution is 6.31. The predicted octanol–water partition coefficient (Wildman–Crippen LogP) is 6.29. The molecule has 1 aliphatic rings. The first-order valence-electron chi connectivity index (χ1n) is 9.76. The summed E-state index contributed by atoms with van der Waals surface area (Å²) in [7, 11) is 0. The Morgan fingerprint density at radius 1 is 1.25 bits per heavy atom. The fourth-order valence-corrected chi connectivity index (χ4v) is 4.39. The van der Waals surface area contributed by atoms with Crippen molar-refractivity contribution in [3.63, 3.8) is 0 Å². The molecule has 3 aromatic rings. The number of nitrogens with zero attached hydrogens (tertiary/aromatic N) is 1. The second kappa shape index (κ2) is 7.64. The van der Waals surface area contributed by atoms with E-state index in [1.54, 1.807) is 37.3 Å². The highest BCUT2D eigenvalue weighted by atomic mass is 35.5. The molecule has 1 aliphatic carbocycles. The zero-order valence-corrected chi connectivity index (χ0v) is 17.8. The Bertz CT molecular complexity index is 1260. The Labute approximate surface area is 186 Å². The van der Waals surface area contributed by atoms with E-state index in [0.29, 0.717) is 10.9 Å². The summed E-state index contributed by atoms with van der Waals surface area (Å²) in [6.45, 7) is 3.24. The van der Waals surface area contributed by atoms with Crippen LogP contribution in [0.5, 0.6) is 5.75 Å². The minimum absolute atomic E-state index is 0.0406. The Hall–Kier alpha value is -2.84. The molecular formula is C23H19ClF4N2O2. The Kier molecular flexibility index (Phi) is 5.33. The predicted molar refractivity (Wildman–Crippen MR) is 115 cm³/mol. The van der Waals surface area contributed by atoms with E-state index in [9.17, 15) is 27.8 Å². The quantitative estimate of drug-likeness (QED) is 0.388. The van der Waals surface area contributed by atoms with Crippen LogP contribution in [0.2, 0.25) is 5.02 Å². The van der Waals surface area contributed by atoms with Crippen molar-refractivity contribution in [3.8, 4) is 5.75 Å². The summed E-state index contributed by atoms with van der Waals surface area (Å²) in [5.74, 6) is -1.99. The van der Waals surface area contributed by atoms with Gasteiger partial charge in [-0.3, -0.25) is 4.98 Å². The molecule has 4 rings (SSSR count). The average molecular weight is 467 g/mol. The summed E-state index contributed by atoms with van der Waals surface area (Å²) in [4.78, 5) is 4.38. The van der Waals surface area contributed by atoms with Crippen LogP contribution in [0.3, 0.4) is 0 Å². The molecular weight excluding hydrogens is 448 g/mol. The van der Waals surface area contributed by atoms with Gasteiger partial charge in [-0.1, -0.05) is 23.7 Å². The first-order valence-corrected chi connectivity index (χ1v) is 10.1. The van der Waals surface area contributed by atoms with Crippen molar-refractivity contribution < 1.29 is 27.8 Å². The number of rotatable bonds is 2. The number of pyridine rings is 1. The first-order chi connectivity index (χ1) is 15.0. The molecule has 2 aromatic carbocycles. The third-order valence-electron chi connectivity index (χ3n) is 5.81. The maximum atomic E-state index is 14.3. The molecule has 0 amide bonds. The number of fused-ring (bicyclic) bond motifs is 2. The number of hydrogen-bond acceptors (Lipinski definition) is 4. The van der Waals surface area contributed by atoms with Crippen LogP contribution in [-0.2, 0) is 0 Å². The van der Waals surface area contributed by atoms with Gasteiger partial charge in [-0.05, 0) is 55.3 Å². The van der Waals surface area contributed by atoms with Gasteiger partial charge in [-0.2, -0.15) is 13.2 Å². The van der Waals surface area contributed by atoms with Gasteiger partial charge in [0, 0.05) is 28.8 Å². The zero-order valence-electron chi connectivity index (χ0n) is 17.1. The van der Waals surface area contributed by atoms with Gasteiger partial charge in [0.15, 0.2) is 17.2 Å². The summed E-state index contributed by atoms with van der Waals surface area (Å²) in [6.07, 6.45) is -4.62. The lowest BCUT2D eigenvalue weighted by Gasteiger charge is -2.44. The fourth-order valence-electron chi connectivity index (χ4n) is 4.18. The van der Waals surface area contributed by atoms with Crippen molar-refractivity contribution in [3.05, 3.63) is 70.1 Å². The van der Waals surface area contributed by atoms with Gasteiger partial charge >= 0.3 is 6.18 Å². The van der Waals surface area contributed by atoms with E-state index in [1.165, 1.54) is 13.0 Å². The van der Waals surface area contributed by atoms with E-state index in [0.717, 1.165) is 11.8 Å². The molecule has 1 heterocycles. The molecule has 32 heavy (non-hydrogen) atoms. The van der Waals surface area contributed by atoms with Crippen molar-refractivity contribution in [2.45, 2.75) is 38.1 Å². The third kappa shape index (κ3) is 3.38. The lowest BCUT2D eigenvalue weighted by Crippen LogP contribution is -2.54. The number of aliphatic hydroxyl groups is 1. The van der Waals surface area contributed by atoms with Crippen LogP contribution in [0.4, 0.5) is 23.2 Å². The number of alkyl halides is 3. The number of halogens is 5. The van der Waals surface area contributed by atoms with Crippen LogP contribution in [0.25, 0.3) is 16.5 Å². The van der Waals surface area contributed by atoms with Gasteiger partial charge in [0.2, 0.25) is 0 Å². The SMILES string of the molecule is C/C=C1/C[C@@](O)(C(F)(F)F)[C@@H](Nc2cccc3nc(C)ccc23)c2cc(Cl)c(F)c(O)c21. The number of aromatic hydroxyl groups is 1. The number of nitrogens with one attached hydrogen (secondary N) is 1. The smallest absolute Gasteiger partial charge is 0.419 e. The Morgan fingerprint density at radius 3 is 2.62 bits per heavy atom. The molecule has 9 heteroatoms. The first kappa shape index (κ1) is 22.4. The molecule has 0 aliphatic heterocycles. The lowest BCUT2D eigenvalue weighted by molar-refractivity contribution is -0.265. The number of aryl methyl sites for hydroxylation is 1. The molecule has 1 aromatic heterocycles. The highest BCUT2D eigenvalue weighted by Crippen LogP contribution is 2.55. The average Bonchev–Trinajstić information content (AvgIpc) is 2.72. The number of aromatic nitrogens is 1. The van der Waals surface area contributed by atoms with Gasteiger partial charge in [0.05, 0.1) is 16.6 Å². The maximum Gasteiger partial charge on any atom is 0.419 e. The van der Waals surface area contributed by atoms with E-state index in [-0.39, 0.29) is 22.4 Å². The second-order valence-electron chi connectivity index (χ2n) is 7.80. The van der Waals surface area contributed by atoms with E-state index in [2.05, 4.69) is 10.3 Å². The van der Waals surface area contributed by atoms with Crippen LogP contribution in [0, 0.1) is 12.7 Å². The van der Waals surface area contributed by atoms with Crippen LogP contribution in [0.1, 0.15) is 36.2 Å². The Morgan fingerprint density at radius 2 is 1.97 bits per heavy atom. The van der Waals surface area contributed by atoms with Crippen molar-refractivity contribution in [2.24, 2.45) is 0 Å². The molecule has 168 valence electrons. The van der Waals surface area contributed by atoms with Gasteiger partial charge in [-0.15, -0.1) is 0 Å². The van der Waals surface area contributed by atoms with Crippen LogP contribution < -0.4 is 5.32 Å². The summed E-state index contributed by atoms with van der Waals surface area (Å²) in [5, 5.41) is 24.1. The zero-order chi connectivity index (χ0) is 23.4. The largest absolute Gasteiger partial charge is 0.504 e. The molecule has 4 nitrogen and oxygen atoms in total. The van der Waals surface area contributed by atoms with Crippen LogP contribution in [0.15, 0.2) is 42.5 Å². The van der Waals surface area contributed by atoms with Crippen molar-refractivity contribution in [2.75, 3.05) is 5.32 Å². The third-order valence-corrected chi connectivity index (χ3v) is 6.08. The standard InChI is InChI=1S/C23H19ClF4N2O2/c1-3-12-10-22(32,23(26,27)28)21(14-9-15(24)19(25)20(31)18(12)14)30-17-6-4-5-16-13(17)8-7-11(2)29-16/h3-9,21,30-32H,10H2,1-2H3/b12-3-/t21-,22-/m0/s1. The molecule has 0 radical (unpaired) electrons. The topological polar surface area (TPSA) is 65.4 Å². The van der Waals surface area contributed by atoms with Gasteiger partial charge in [0.25, 0.3) is 0 Å². The second-order valence-corrected chi connectivity index (χ2v) is 8.21. The van der Waals surface area contributed by atoms with E-state index < -0.39 is 40.8 Å². The fraction of sp³-hybridized carbons (Fsp3) is 0.261. The number of allylic oxidation sites excluding steroid dienone is 1. The van der Waals surface area contributed by atoms with Crippen molar-refractivity contribution >= 4 is 33.8 Å². The molecule has 0 bridgehead atoms. The minimum atomic E-state index is -5.05. The molecule has 0 spiro atoms. The summed E-state index contributed by atoms with van der Waals surface area (Å²) >= 11 is 5.87. The summed E-state index contributed by atoms with van der Waals surface area (Å²) < 4.78 is 57.0. The molecule has 0 unspecified atom stereocenters. The van der Waals surface area contributed by atoms with Gasteiger partial charge < -0.3 is 15.5 Å². The summed E-state index contributed by atoms with van der Waals surface area (Å²) in [6, 6.07) is 7.56.